The number of nitrogens with zero attached hydrogens (tertiary/aromatic N) is 3. The van der Waals surface area contributed by atoms with Crippen LogP contribution in [0.4, 0.5) is 5.82 Å². The Morgan fingerprint density at radius 1 is 1.21 bits per heavy atom. The topological polar surface area (TPSA) is 49.2 Å². The van der Waals surface area contributed by atoms with Crippen molar-refractivity contribution in [2.75, 3.05) is 18.1 Å². The number of hydrogen-bond acceptors (Lipinski definition) is 4. The molecule has 2 heterocycles. The zero-order valence-electron chi connectivity index (χ0n) is 10.4. The third-order valence-corrected chi connectivity index (χ3v) is 3.15. The van der Waals surface area contributed by atoms with E-state index in [-0.39, 0.29) is 0 Å². The molecule has 3 rings (SSSR count). The molecule has 0 unspecified atom stereocenters. The lowest BCUT2D eigenvalue weighted by Crippen LogP contribution is -2.26. The number of pyridine rings is 1. The fourth-order valence-electron chi connectivity index (χ4n) is 2.16. The Hall–Kier alpha value is -2.54. The highest BCUT2D eigenvalue weighted by Crippen LogP contribution is 2.24. The van der Waals surface area contributed by atoms with Crippen molar-refractivity contribution in [3.63, 3.8) is 0 Å². The van der Waals surface area contributed by atoms with Gasteiger partial charge in [0.05, 0.1) is 12.1 Å². The number of rotatable bonds is 1. The van der Waals surface area contributed by atoms with Crippen LogP contribution in [0.1, 0.15) is 11.1 Å². The molecule has 0 aliphatic carbocycles. The molecule has 1 aliphatic heterocycles. The lowest BCUT2D eigenvalue weighted by atomic mass is 10.2. The number of ether oxygens (including phenoxy) is 1. The van der Waals surface area contributed by atoms with Gasteiger partial charge in [-0.2, -0.15) is 5.26 Å². The van der Waals surface area contributed by atoms with Crippen LogP contribution in [-0.4, -0.2) is 18.1 Å². The summed E-state index contributed by atoms with van der Waals surface area (Å²) in [5.41, 5.74) is 1.74. The molecule has 2 aromatic rings. The van der Waals surface area contributed by atoms with Gasteiger partial charge in [0.25, 0.3) is 0 Å². The molecule has 1 aromatic carbocycles. The van der Waals surface area contributed by atoms with E-state index in [1.54, 1.807) is 12.3 Å². The van der Waals surface area contributed by atoms with Gasteiger partial charge in [-0.3, -0.25) is 0 Å². The van der Waals surface area contributed by atoms with E-state index in [0.29, 0.717) is 12.2 Å². The molecule has 0 atom stereocenters. The average Bonchev–Trinajstić information content (AvgIpc) is 2.69. The standard InChI is InChI=1S/C15H13N3O/c16-9-12-5-6-15(17-10-12)18-7-8-19-14-4-2-1-3-13(14)11-18/h1-6,10H,7-8,11H2. The molecule has 0 amide bonds. The first-order valence-corrected chi connectivity index (χ1v) is 6.18. The molecule has 0 spiro atoms. The van der Waals surface area contributed by atoms with Crippen LogP contribution in [0.2, 0.25) is 0 Å². The van der Waals surface area contributed by atoms with E-state index in [2.05, 4.69) is 22.0 Å². The quantitative estimate of drug-likeness (QED) is 0.780. The molecule has 4 heteroatoms. The fraction of sp³-hybridized carbons (Fsp3) is 0.200. The monoisotopic (exact) mass is 251 g/mol. The first kappa shape index (κ1) is 11.5. The summed E-state index contributed by atoms with van der Waals surface area (Å²) in [6, 6.07) is 13.8. The van der Waals surface area contributed by atoms with Crippen molar-refractivity contribution < 1.29 is 4.74 Å². The Morgan fingerprint density at radius 3 is 2.89 bits per heavy atom. The summed E-state index contributed by atoms with van der Waals surface area (Å²) < 4.78 is 5.72. The molecule has 0 fully saturated rings. The van der Waals surface area contributed by atoms with Gasteiger partial charge in [-0.15, -0.1) is 0 Å². The van der Waals surface area contributed by atoms with E-state index in [0.717, 1.165) is 30.2 Å². The molecule has 4 nitrogen and oxygen atoms in total. The molecule has 0 radical (unpaired) electrons. The van der Waals surface area contributed by atoms with Crippen molar-refractivity contribution in [2.45, 2.75) is 6.54 Å². The van der Waals surface area contributed by atoms with Crippen LogP contribution in [0.5, 0.6) is 5.75 Å². The number of aromatic nitrogens is 1. The zero-order valence-corrected chi connectivity index (χ0v) is 10.4. The average molecular weight is 251 g/mol. The summed E-state index contributed by atoms with van der Waals surface area (Å²) in [4.78, 5) is 6.50. The van der Waals surface area contributed by atoms with Crippen molar-refractivity contribution in [2.24, 2.45) is 0 Å². The predicted octanol–water partition coefficient (Wildman–Crippen LogP) is 2.35. The number of nitriles is 1. The van der Waals surface area contributed by atoms with Gasteiger partial charge in [-0.25, -0.2) is 4.98 Å². The van der Waals surface area contributed by atoms with Crippen LogP contribution in [0.25, 0.3) is 0 Å². The normalized spacial score (nSPS) is 13.9. The van der Waals surface area contributed by atoms with E-state index in [4.69, 9.17) is 10.00 Å². The maximum absolute atomic E-state index is 8.79. The van der Waals surface area contributed by atoms with Crippen molar-refractivity contribution in [1.82, 2.24) is 4.98 Å². The van der Waals surface area contributed by atoms with E-state index in [1.807, 2.05) is 24.3 Å². The van der Waals surface area contributed by atoms with Gasteiger partial charge in [0.1, 0.15) is 24.2 Å². The molecule has 0 saturated carbocycles. The van der Waals surface area contributed by atoms with Crippen molar-refractivity contribution in [3.8, 4) is 11.8 Å². The number of benzene rings is 1. The summed E-state index contributed by atoms with van der Waals surface area (Å²) in [5.74, 6) is 1.82. The summed E-state index contributed by atoms with van der Waals surface area (Å²) in [7, 11) is 0. The minimum Gasteiger partial charge on any atom is -0.491 e. The van der Waals surface area contributed by atoms with Crippen LogP contribution in [-0.2, 0) is 6.54 Å². The van der Waals surface area contributed by atoms with E-state index in [1.165, 1.54) is 0 Å². The van der Waals surface area contributed by atoms with Gasteiger partial charge in [-0.1, -0.05) is 18.2 Å². The molecule has 1 aromatic heterocycles. The van der Waals surface area contributed by atoms with E-state index < -0.39 is 0 Å². The van der Waals surface area contributed by atoms with Gasteiger partial charge in [0, 0.05) is 18.3 Å². The highest BCUT2D eigenvalue weighted by molar-refractivity contribution is 5.45. The van der Waals surface area contributed by atoms with Crippen molar-refractivity contribution >= 4 is 5.82 Å². The summed E-state index contributed by atoms with van der Waals surface area (Å²) in [5, 5.41) is 8.79. The van der Waals surface area contributed by atoms with Gasteiger partial charge in [-0.05, 0) is 18.2 Å². The third kappa shape index (κ3) is 2.36. The minimum atomic E-state index is 0.579. The van der Waals surface area contributed by atoms with Gasteiger partial charge in [0.2, 0.25) is 0 Å². The molecule has 19 heavy (non-hydrogen) atoms. The van der Waals surface area contributed by atoms with Gasteiger partial charge < -0.3 is 9.64 Å². The van der Waals surface area contributed by atoms with Crippen molar-refractivity contribution in [3.05, 3.63) is 53.7 Å². The molecular weight excluding hydrogens is 238 g/mol. The minimum absolute atomic E-state index is 0.579. The van der Waals surface area contributed by atoms with Crippen LogP contribution >= 0.6 is 0 Å². The third-order valence-electron chi connectivity index (χ3n) is 3.15. The zero-order chi connectivity index (χ0) is 13.1. The second-order valence-electron chi connectivity index (χ2n) is 4.39. The Balaban J connectivity index is 1.88. The van der Waals surface area contributed by atoms with Gasteiger partial charge >= 0.3 is 0 Å². The van der Waals surface area contributed by atoms with E-state index >= 15 is 0 Å². The second kappa shape index (κ2) is 4.99. The second-order valence-corrected chi connectivity index (χ2v) is 4.39. The smallest absolute Gasteiger partial charge is 0.128 e. The highest BCUT2D eigenvalue weighted by Gasteiger charge is 2.15. The Bertz CT molecular complexity index is 616. The van der Waals surface area contributed by atoms with Crippen LogP contribution in [0.3, 0.4) is 0 Å². The maximum Gasteiger partial charge on any atom is 0.128 e. The molecule has 1 aliphatic rings. The largest absolute Gasteiger partial charge is 0.491 e. The summed E-state index contributed by atoms with van der Waals surface area (Å²) in [6.45, 7) is 2.20. The van der Waals surface area contributed by atoms with Crippen LogP contribution in [0, 0.1) is 11.3 Å². The highest BCUT2D eigenvalue weighted by atomic mass is 16.5. The molecule has 0 bridgehead atoms. The van der Waals surface area contributed by atoms with Crippen molar-refractivity contribution in [1.29, 1.82) is 5.26 Å². The number of hydrogen-bond donors (Lipinski definition) is 0. The Morgan fingerprint density at radius 2 is 2.11 bits per heavy atom. The number of para-hydroxylation sites is 1. The molecule has 0 N–H and O–H groups in total. The number of fused-ring (bicyclic) bond motifs is 1. The molecule has 94 valence electrons. The predicted molar refractivity (Wildman–Crippen MR) is 71.9 cm³/mol. The molecular formula is C15H13N3O. The maximum atomic E-state index is 8.79. The molecule has 0 saturated heterocycles. The first-order chi connectivity index (χ1) is 9.36. The van der Waals surface area contributed by atoms with E-state index in [9.17, 15) is 0 Å². The summed E-state index contributed by atoms with van der Waals surface area (Å²) in [6.07, 6.45) is 1.60. The van der Waals surface area contributed by atoms with Crippen LogP contribution < -0.4 is 9.64 Å². The Kier molecular flexibility index (Phi) is 3.03. The number of anilines is 1. The lowest BCUT2D eigenvalue weighted by molar-refractivity contribution is 0.331. The fourth-order valence-corrected chi connectivity index (χ4v) is 2.16. The first-order valence-electron chi connectivity index (χ1n) is 6.18. The lowest BCUT2D eigenvalue weighted by Gasteiger charge is -2.20. The SMILES string of the molecule is N#Cc1ccc(N2CCOc3ccccc3C2)nc1. The summed E-state index contributed by atoms with van der Waals surface area (Å²) >= 11 is 0. The van der Waals surface area contributed by atoms with Gasteiger partial charge in [0.15, 0.2) is 0 Å². The Labute approximate surface area is 111 Å². The van der Waals surface area contributed by atoms with Crippen LogP contribution in [0.15, 0.2) is 42.6 Å².